The first kappa shape index (κ1) is 13.9. The minimum atomic E-state index is -0.401. The van der Waals surface area contributed by atoms with Crippen LogP contribution in [0.25, 0.3) is 10.8 Å². The van der Waals surface area contributed by atoms with E-state index in [1.165, 1.54) is 22.9 Å². The number of nitro groups is 1. The first-order valence-corrected chi connectivity index (χ1v) is 6.94. The average Bonchev–Trinajstić information content (AvgIpc) is 2.55. The summed E-state index contributed by atoms with van der Waals surface area (Å²) in [4.78, 5) is 14.6. The predicted molar refractivity (Wildman–Crippen MR) is 88.3 cm³/mol. The van der Waals surface area contributed by atoms with E-state index in [0.29, 0.717) is 6.54 Å². The lowest BCUT2D eigenvalue weighted by Gasteiger charge is -1.99. The summed E-state index contributed by atoms with van der Waals surface area (Å²) in [5.74, 6) is 0. The molecule has 0 aromatic heterocycles. The van der Waals surface area contributed by atoms with Crippen LogP contribution >= 0.6 is 0 Å². The summed E-state index contributed by atoms with van der Waals surface area (Å²) in [5.41, 5.74) is 2.09. The summed E-state index contributed by atoms with van der Waals surface area (Å²) < 4.78 is 0. The zero-order valence-corrected chi connectivity index (χ0v) is 11.8. The van der Waals surface area contributed by atoms with Crippen LogP contribution in [0.15, 0.2) is 71.7 Å². The van der Waals surface area contributed by atoms with Gasteiger partial charge in [-0.05, 0) is 28.0 Å². The number of nitro benzene ring substituents is 1. The molecule has 0 heterocycles. The van der Waals surface area contributed by atoms with Crippen molar-refractivity contribution in [2.24, 2.45) is 4.99 Å². The predicted octanol–water partition coefficient (Wildman–Crippen LogP) is 4.37. The van der Waals surface area contributed by atoms with Crippen LogP contribution in [0.1, 0.15) is 11.1 Å². The van der Waals surface area contributed by atoms with Gasteiger partial charge in [-0.25, -0.2) is 0 Å². The zero-order chi connectivity index (χ0) is 15.4. The molecule has 0 atom stereocenters. The molecule has 0 saturated heterocycles. The minimum absolute atomic E-state index is 0.0993. The van der Waals surface area contributed by atoms with Crippen LogP contribution in [-0.2, 0) is 6.54 Å². The first-order chi connectivity index (χ1) is 10.7. The summed E-state index contributed by atoms with van der Waals surface area (Å²) in [6.45, 7) is 0.505. The van der Waals surface area contributed by atoms with Crippen LogP contribution in [0.5, 0.6) is 0 Å². The molecule has 0 saturated carbocycles. The smallest absolute Gasteiger partial charge is 0.269 e. The number of hydrogen-bond acceptors (Lipinski definition) is 3. The third-order valence-electron chi connectivity index (χ3n) is 3.43. The van der Waals surface area contributed by atoms with Gasteiger partial charge in [0.05, 0.1) is 11.5 Å². The largest absolute Gasteiger partial charge is 0.288 e. The lowest BCUT2D eigenvalue weighted by molar-refractivity contribution is -0.384. The van der Waals surface area contributed by atoms with Gasteiger partial charge < -0.3 is 0 Å². The van der Waals surface area contributed by atoms with Gasteiger partial charge in [-0.15, -0.1) is 0 Å². The highest BCUT2D eigenvalue weighted by Crippen LogP contribution is 2.15. The number of hydrogen-bond donors (Lipinski definition) is 0. The van der Waals surface area contributed by atoms with Crippen molar-refractivity contribution in [2.45, 2.75) is 6.54 Å². The second-order valence-electron chi connectivity index (χ2n) is 5.00. The van der Waals surface area contributed by atoms with Crippen molar-refractivity contribution in [3.05, 3.63) is 88.0 Å². The Morgan fingerprint density at radius 2 is 1.68 bits per heavy atom. The molecule has 0 spiro atoms. The molecule has 4 nitrogen and oxygen atoms in total. The van der Waals surface area contributed by atoms with E-state index in [-0.39, 0.29) is 5.69 Å². The Labute approximate surface area is 127 Å². The maximum Gasteiger partial charge on any atom is 0.269 e. The van der Waals surface area contributed by atoms with E-state index >= 15 is 0 Å². The maximum atomic E-state index is 10.6. The molecule has 3 rings (SSSR count). The van der Waals surface area contributed by atoms with Gasteiger partial charge in [0.15, 0.2) is 0 Å². The molecule has 0 radical (unpaired) electrons. The molecule has 108 valence electrons. The van der Waals surface area contributed by atoms with Crippen molar-refractivity contribution in [1.29, 1.82) is 0 Å². The first-order valence-electron chi connectivity index (χ1n) is 6.94. The monoisotopic (exact) mass is 290 g/mol. The standard InChI is InChI=1S/C18H14N2O2/c21-20(22)18-9-6-14(7-10-18)12-19-13-15-5-8-16-3-1-2-4-17(16)11-15/h1-11,13H,12H2/b19-13+. The molecule has 22 heavy (non-hydrogen) atoms. The fourth-order valence-corrected chi connectivity index (χ4v) is 2.27. The van der Waals surface area contributed by atoms with Gasteiger partial charge in [0.1, 0.15) is 0 Å². The molecule has 0 aliphatic rings. The zero-order valence-electron chi connectivity index (χ0n) is 11.8. The summed E-state index contributed by atoms with van der Waals surface area (Å²) in [7, 11) is 0. The fraction of sp³-hybridized carbons (Fsp3) is 0.0556. The van der Waals surface area contributed by atoms with E-state index < -0.39 is 4.92 Å². The van der Waals surface area contributed by atoms with Gasteiger partial charge >= 0.3 is 0 Å². The van der Waals surface area contributed by atoms with Gasteiger partial charge in [0.25, 0.3) is 5.69 Å². The van der Waals surface area contributed by atoms with Crippen LogP contribution in [0.2, 0.25) is 0 Å². The Bertz CT molecular complexity index is 839. The number of non-ortho nitro benzene ring substituents is 1. The van der Waals surface area contributed by atoms with Gasteiger partial charge in [-0.2, -0.15) is 0 Å². The molecule has 3 aromatic rings. The second-order valence-corrected chi connectivity index (χ2v) is 5.00. The van der Waals surface area contributed by atoms with Crippen molar-refractivity contribution in [3.63, 3.8) is 0 Å². The Morgan fingerprint density at radius 1 is 0.955 bits per heavy atom. The van der Waals surface area contributed by atoms with Crippen molar-refractivity contribution in [2.75, 3.05) is 0 Å². The van der Waals surface area contributed by atoms with Gasteiger partial charge in [-0.3, -0.25) is 15.1 Å². The van der Waals surface area contributed by atoms with Crippen LogP contribution in [0.3, 0.4) is 0 Å². The Morgan fingerprint density at radius 3 is 2.41 bits per heavy atom. The normalized spacial score (nSPS) is 11.1. The van der Waals surface area contributed by atoms with Crippen molar-refractivity contribution in [3.8, 4) is 0 Å². The van der Waals surface area contributed by atoms with Crippen molar-refractivity contribution in [1.82, 2.24) is 0 Å². The van der Waals surface area contributed by atoms with Crippen LogP contribution in [-0.4, -0.2) is 11.1 Å². The summed E-state index contributed by atoms with van der Waals surface area (Å²) in [6, 6.07) is 20.8. The Hall–Kier alpha value is -3.01. The van der Waals surface area contributed by atoms with Gasteiger partial charge in [-0.1, -0.05) is 48.5 Å². The number of nitrogens with zero attached hydrogens (tertiary/aromatic N) is 2. The summed E-state index contributed by atoms with van der Waals surface area (Å²) in [6.07, 6.45) is 1.83. The second kappa shape index (κ2) is 6.18. The van der Waals surface area contributed by atoms with Gasteiger partial charge in [0.2, 0.25) is 0 Å². The van der Waals surface area contributed by atoms with E-state index in [1.807, 2.05) is 24.4 Å². The highest BCUT2D eigenvalue weighted by atomic mass is 16.6. The number of rotatable bonds is 4. The van der Waals surface area contributed by atoms with E-state index in [2.05, 4.69) is 29.3 Å². The third-order valence-corrected chi connectivity index (χ3v) is 3.43. The molecular weight excluding hydrogens is 276 g/mol. The quantitative estimate of drug-likeness (QED) is 0.407. The maximum absolute atomic E-state index is 10.6. The highest BCUT2D eigenvalue weighted by Gasteiger charge is 2.02. The summed E-state index contributed by atoms with van der Waals surface area (Å²) >= 11 is 0. The number of fused-ring (bicyclic) bond motifs is 1. The molecular formula is C18H14N2O2. The topological polar surface area (TPSA) is 55.5 Å². The molecule has 0 amide bonds. The van der Waals surface area contributed by atoms with Crippen LogP contribution in [0.4, 0.5) is 5.69 Å². The van der Waals surface area contributed by atoms with E-state index in [4.69, 9.17) is 0 Å². The van der Waals surface area contributed by atoms with Crippen LogP contribution in [0, 0.1) is 10.1 Å². The summed E-state index contributed by atoms with van der Waals surface area (Å²) in [5, 5.41) is 13.0. The third kappa shape index (κ3) is 3.17. The lowest BCUT2D eigenvalue weighted by Crippen LogP contribution is -1.89. The van der Waals surface area contributed by atoms with Crippen molar-refractivity contribution < 1.29 is 4.92 Å². The molecule has 0 fully saturated rings. The Kier molecular flexibility index (Phi) is 3.92. The van der Waals surface area contributed by atoms with Crippen LogP contribution < -0.4 is 0 Å². The molecule has 3 aromatic carbocycles. The molecule has 0 N–H and O–H groups in total. The molecule has 0 bridgehead atoms. The molecule has 0 aliphatic heterocycles. The SMILES string of the molecule is O=[N+]([O-])c1ccc(C/N=C/c2ccc3ccccc3c2)cc1. The van der Waals surface area contributed by atoms with E-state index in [9.17, 15) is 10.1 Å². The molecule has 0 aliphatic carbocycles. The van der Waals surface area contributed by atoms with E-state index in [1.54, 1.807) is 12.1 Å². The van der Waals surface area contributed by atoms with Crippen molar-refractivity contribution >= 4 is 22.7 Å². The lowest BCUT2D eigenvalue weighted by atomic mass is 10.1. The minimum Gasteiger partial charge on any atom is -0.288 e. The number of aliphatic imine (C=N–C) groups is 1. The molecule has 0 unspecified atom stereocenters. The average molecular weight is 290 g/mol. The fourth-order valence-electron chi connectivity index (χ4n) is 2.27. The van der Waals surface area contributed by atoms with Gasteiger partial charge in [0, 0.05) is 18.3 Å². The Balaban J connectivity index is 1.71. The highest BCUT2D eigenvalue weighted by molar-refractivity contribution is 5.90. The number of benzene rings is 3. The molecule has 4 heteroatoms. The van der Waals surface area contributed by atoms with E-state index in [0.717, 1.165) is 11.1 Å².